The highest BCUT2D eigenvalue weighted by atomic mass is 79.9. The molecular formula is C16H12BrFN2O3S. The van der Waals surface area contributed by atoms with Crippen LogP contribution in [0.25, 0.3) is 10.9 Å². The van der Waals surface area contributed by atoms with E-state index in [1.807, 2.05) is 0 Å². The molecule has 1 aromatic heterocycles. The lowest BCUT2D eigenvalue weighted by atomic mass is 10.2. The van der Waals surface area contributed by atoms with Crippen LogP contribution in [0.1, 0.15) is 0 Å². The lowest BCUT2D eigenvalue weighted by molar-refractivity contribution is 0.586. The maximum Gasteiger partial charge on any atom is 0.261 e. The highest BCUT2D eigenvalue weighted by molar-refractivity contribution is 9.10. The Balaban J connectivity index is 1.88. The fourth-order valence-electron chi connectivity index (χ4n) is 2.27. The fourth-order valence-corrected chi connectivity index (χ4v) is 3.76. The summed E-state index contributed by atoms with van der Waals surface area (Å²) in [7, 11) is -3.52. The molecule has 0 amide bonds. The first-order valence-electron chi connectivity index (χ1n) is 7.00. The molecule has 0 saturated heterocycles. The summed E-state index contributed by atoms with van der Waals surface area (Å²) in [6, 6.07) is 9.98. The Bertz CT molecular complexity index is 1060. The van der Waals surface area contributed by atoms with Crippen molar-refractivity contribution in [1.29, 1.82) is 0 Å². The molecule has 0 bridgehead atoms. The molecular weight excluding hydrogens is 399 g/mol. The van der Waals surface area contributed by atoms with Gasteiger partial charge in [0.1, 0.15) is 5.82 Å². The zero-order valence-electron chi connectivity index (χ0n) is 12.3. The maximum atomic E-state index is 13.2. The molecule has 0 atom stereocenters. The van der Waals surface area contributed by atoms with Crippen LogP contribution in [0.2, 0.25) is 0 Å². The van der Waals surface area contributed by atoms with Crippen LogP contribution in [0.4, 0.5) is 4.39 Å². The van der Waals surface area contributed by atoms with Gasteiger partial charge < -0.3 is 0 Å². The minimum absolute atomic E-state index is 0.0302. The highest BCUT2D eigenvalue weighted by Gasteiger charge is 2.15. The quantitative estimate of drug-likeness (QED) is 0.662. The van der Waals surface area contributed by atoms with Gasteiger partial charge in [-0.3, -0.25) is 9.36 Å². The number of aromatic nitrogens is 2. The molecule has 3 rings (SSSR count). The molecule has 1 heterocycles. The van der Waals surface area contributed by atoms with Gasteiger partial charge in [0.15, 0.2) is 9.84 Å². The van der Waals surface area contributed by atoms with Crippen LogP contribution in [-0.2, 0) is 16.4 Å². The van der Waals surface area contributed by atoms with E-state index in [0.29, 0.717) is 0 Å². The molecule has 2 aromatic carbocycles. The summed E-state index contributed by atoms with van der Waals surface area (Å²) in [5.74, 6) is -0.715. The van der Waals surface area contributed by atoms with Crippen molar-refractivity contribution in [2.75, 3.05) is 5.75 Å². The van der Waals surface area contributed by atoms with E-state index < -0.39 is 21.2 Å². The topological polar surface area (TPSA) is 69.0 Å². The van der Waals surface area contributed by atoms with E-state index in [1.165, 1.54) is 41.2 Å². The Morgan fingerprint density at radius 2 is 1.83 bits per heavy atom. The lowest BCUT2D eigenvalue weighted by Crippen LogP contribution is -2.24. The van der Waals surface area contributed by atoms with Crippen molar-refractivity contribution in [2.24, 2.45) is 0 Å². The van der Waals surface area contributed by atoms with Crippen LogP contribution < -0.4 is 5.56 Å². The van der Waals surface area contributed by atoms with Crippen LogP contribution in [0.5, 0.6) is 0 Å². The van der Waals surface area contributed by atoms with Crippen LogP contribution in [0.15, 0.2) is 63.0 Å². The number of hydrogen-bond donors (Lipinski definition) is 0. The Kier molecular flexibility index (Phi) is 4.51. The van der Waals surface area contributed by atoms with Gasteiger partial charge in [-0.25, -0.2) is 17.8 Å². The van der Waals surface area contributed by atoms with Crippen LogP contribution in [0.3, 0.4) is 0 Å². The summed E-state index contributed by atoms with van der Waals surface area (Å²) in [6.07, 6.45) is 1.24. The number of aryl methyl sites for hydroxylation is 1. The van der Waals surface area contributed by atoms with Gasteiger partial charge >= 0.3 is 0 Å². The van der Waals surface area contributed by atoms with Gasteiger partial charge in [0.05, 0.1) is 27.9 Å². The molecule has 5 nitrogen and oxygen atoms in total. The van der Waals surface area contributed by atoms with Crippen molar-refractivity contribution in [3.63, 3.8) is 0 Å². The van der Waals surface area contributed by atoms with Crippen molar-refractivity contribution >= 4 is 36.7 Å². The third-order valence-corrected chi connectivity index (χ3v) is 5.80. The Morgan fingerprint density at radius 3 is 2.54 bits per heavy atom. The summed E-state index contributed by atoms with van der Waals surface area (Å²) in [5.41, 5.74) is -0.155. The van der Waals surface area contributed by atoms with E-state index in [2.05, 4.69) is 20.9 Å². The Morgan fingerprint density at radius 1 is 1.12 bits per heavy atom. The molecule has 0 aliphatic rings. The Hall–Kier alpha value is -2.06. The molecule has 0 fully saturated rings. The van der Waals surface area contributed by atoms with Crippen molar-refractivity contribution in [3.8, 4) is 0 Å². The largest absolute Gasteiger partial charge is 0.298 e. The standard InChI is InChI=1S/C16H12BrFN2O3S/c17-11-1-4-13(5-2-11)24(22,23)8-7-20-10-19-15-9-12(18)3-6-14(15)16(20)21/h1-6,9-10H,7-8H2. The minimum atomic E-state index is -3.52. The molecule has 8 heteroatoms. The molecule has 24 heavy (non-hydrogen) atoms. The van der Waals surface area contributed by atoms with E-state index in [9.17, 15) is 17.6 Å². The Labute approximate surface area is 145 Å². The van der Waals surface area contributed by atoms with E-state index in [-0.39, 0.29) is 28.1 Å². The second-order valence-electron chi connectivity index (χ2n) is 5.18. The van der Waals surface area contributed by atoms with E-state index in [1.54, 1.807) is 12.1 Å². The van der Waals surface area contributed by atoms with Gasteiger partial charge in [-0.2, -0.15) is 0 Å². The molecule has 0 radical (unpaired) electrons. The van der Waals surface area contributed by atoms with Crippen molar-refractivity contribution in [1.82, 2.24) is 9.55 Å². The fraction of sp³-hybridized carbons (Fsp3) is 0.125. The molecule has 0 spiro atoms. The predicted molar refractivity (Wildman–Crippen MR) is 92.2 cm³/mol. The number of hydrogen-bond acceptors (Lipinski definition) is 4. The number of fused-ring (bicyclic) bond motifs is 1. The molecule has 0 N–H and O–H groups in total. The van der Waals surface area contributed by atoms with Crippen molar-refractivity contribution in [2.45, 2.75) is 11.4 Å². The number of rotatable bonds is 4. The summed E-state index contributed by atoms with van der Waals surface area (Å²) in [5, 5.41) is 0.250. The first kappa shape index (κ1) is 16.8. The SMILES string of the molecule is O=c1c2ccc(F)cc2ncn1CCS(=O)(=O)c1ccc(Br)cc1. The average molecular weight is 411 g/mol. The second-order valence-corrected chi connectivity index (χ2v) is 8.20. The predicted octanol–water partition coefficient (Wildman–Crippen LogP) is 2.77. The summed E-state index contributed by atoms with van der Waals surface area (Å²) < 4.78 is 39.8. The minimum Gasteiger partial charge on any atom is -0.298 e. The number of nitrogens with zero attached hydrogens (tertiary/aromatic N) is 2. The second kappa shape index (κ2) is 6.45. The van der Waals surface area contributed by atoms with E-state index >= 15 is 0 Å². The van der Waals surface area contributed by atoms with Crippen molar-refractivity contribution in [3.05, 3.63) is 69.4 Å². The third kappa shape index (κ3) is 3.39. The monoisotopic (exact) mass is 410 g/mol. The number of sulfone groups is 1. The van der Waals surface area contributed by atoms with Gasteiger partial charge in [0.25, 0.3) is 5.56 Å². The van der Waals surface area contributed by atoms with Gasteiger partial charge in [-0.05, 0) is 36.4 Å². The molecule has 0 unspecified atom stereocenters. The molecule has 0 saturated carbocycles. The van der Waals surface area contributed by atoms with Crippen LogP contribution >= 0.6 is 15.9 Å². The maximum absolute atomic E-state index is 13.2. The molecule has 0 aliphatic heterocycles. The number of benzene rings is 2. The molecule has 124 valence electrons. The summed E-state index contributed by atoms with van der Waals surface area (Å²) >= 11 is 3.25. The van der Waals surface area contributed by atoms with Gasteiger partial charge in [0, 0.05) is 17.1 Å². The van der Waals surface area contributed by atoms with Gasteiger partial charge in [-0.1, -0.05) is 15.9 Å². The van der Waals surface area contributed by atoms with Crippen LogP contribution in [0, 0.1) is 5.82 Å². The summed E-state index contributed by atoms with van der Waals surface area (Å²) in [4.78, 5) is 16.5. The van der Waals surface area contributed by atoms with E-state index in [0.717, 1.165) is 4.47 Å². The third-order valence-electron chi connectivity index (χ3n) is 3.56. The van der Waals surface area contributed by atoms with E-state index in [4.69, 9.17) is 0 Å². The smallest absolute Gasteiger partial charge is 0.261 e. The van der Waals surface area contributed by atoms with Crippen LogP contribution in [-0.4, -0.2) is 23.7 Å². The van der Waals surface area contributed by atoms with Crippen molar-refractivity contribution < 1.29 is 12.8 Å². The number of halogens is 2. The summed E-state index contributed by atoms with van der Waals surface area (Å²) in [6.45, 7) is -0.0302. The van der Waals surface area contributed by atoms with Gasteiger partial charge in [0.2, 0.25) is 0 Å². The zero-order chi connectivity index (χ0) is 17.3. The average Bonchev–Trinajstić information content (AvgIpc) is 2.54. The first-order valence-corrected chi connectivity index (χ1v) is 9.44. The first-order chi connectivity index (χ1) is 11.4. The van der Waals surface area contributed by atoms with Gasteiger partial charge in [-0.15, -0.1) is 0 Å². The lowest BCUT2D eigenvalue weighted by Gasteiger charge is -2.08. The normalized spacial score (nSPS) is 11.8. The zero-order valence-corrected chi connectivity index (χ0v) is 14.7. The molecule has 3 aromatic rings. The molecule has 0 aliphatic carbocycles. The highest BCUT2D eigenvalue weighted by Crippen LogP contribution is 2.16.